The summed E-state index contributed by atoms with van der Waals surface area (Å²) in [6, 6.07) is 3.93. The molecule has 0 saturated carbocycles. The first-order valence-corrected chi connectivity index (χ1v) is 3.89. The van der Waals surface area contributed by atoms with Crippen molar-refractivity contribution in [2.24, 2.45) is 5.16 Å². The summed E-state index contributed by atoms with van der Waals surface area (Å²) in [6.45, 7) is 0. The van der Waals surface area contributed by atoms with E-state index in [0.717, 1.165) is 16.6 Å². The molecule has 0 aliphatic rings. The zero-order chi connectivity index (χ0) is 9.10. The number of aromatic nitrogens is 2. The standard InChI is InChI=1S/C9H9N3O.ClH/c1-13-11-5-8-4-7-2-3-10-6-9(7)12-8;/h2-6,12H,1H3;1H. The molecule has 0 aromatic carbocycles. The Morgan fingerprint density at radius 1 is 1.57 bits per heavy atom. The summed E-state index contributed by atoms with van der Waals surface area (Å²) in [6.07, 6.45) is 5.16. The third-order valence-electron chi connectivity index (χ3n) is 1.74. The molecule has 0 aliphatic heterocycles. The lowest BCUT2D eigenvalue weighted by Gasteiger charge is -1.84. The number of hydrogen-bond acceptors (Lipinski definition) is 3. The molecule has 0 bridgehead atoms. The first-order chi connectivity index (χ1) is 6.40. The van der Waals surface area contributed by atoms with Crippen molar-refractivity contribution in [2.45, 2.75) is 0 Å². The summed E-state index contributed by atoms with van der Waals surface area (Å²) >= 11 is 0. The minimum absolute atomic E-state index is 0. The number of fused-ring (bicyclic) bond motifs is 1. The quantitative estimate of drug-likeness (QED) is 0.610. The Morgan fingerprint density at radius 2 is 2.43 bits per heavy atom. The van der Waals surface area contributed by atoms with Gasteiger partial charge in [0.2, 0.25) is 0 Å². The molecule has 0 aliphatic carbocycles. The predicted octanol–water partition coefficient (Wildman–Crippen LogP) is 1.96. The summed E-state index contributed by atoms with van der Waals surface area (Å²) in [5.74, 6) is 0. The Balaban J connectivity index is 0.000000980. The van der Waals surface area contributed by atoms with Gasteiger partial charge in [0, 0.05) is 11.6 Å². The molecule has 0 unspecified atom stereocenters. The van der Waals surface area contributed by atoms with Gasteiger partial charge in [-0.25, -0.2) is 0 Å². The van der Waals surface area contributed by atoms with Gasteiger partial charge in [0.1, 0.15) is 7.11 Å². The average molecular weight is 212 g/mol. The minimum Gasteiger partial charge on any atom is -0.399 e. The molecule has 2 aromatic rings. The van der Waals surface area contributed by atoms with Crippen molar-refractivity contribution in [3.05, 3.63) is 30.2 Å². The van der Waals surface area contributed by atoms with E-state index in [0.29, 0.717) is 0 Å². The van der Waals surface area contributed by atoms with Crippen molar-refractivity contribution in [3.63, 3.8) is 0 Å². The molecule has 0 radical (unpaired) electrons. The minimum atomic E-state index is 0. The summed E-state index contributed by atoms with van der Waals surface area (Å²) in [4.78, 5) is 11.7. The molecule has 2 rings (SSSR count). The van der Waals surface area contributed by atoms with Crippen molar-refractivity contribution in [1.82, 2.24) is 9.97 Å². The van der Waals surface area contributed by atoms with E-state index in [2.05, 4.69) is 20.0 Å². The van der Waals surface area contributed by atoms with Gasteiger partial charge < -0.3 is 9.82 Å². The molecule has 2 aromatic heterocycles. The highest BCUT2D eigenvalue weighted by Gasteiger charge is 1.96. The second-order valence-corrected chi connectivity index (χ2v) is 2.60. The van der Waals surface area contributed by atoms with Gasteiger partial charge in [0.05, 0.1) is 23.6 Å². The largest absolute Gasteiger partial charge is 0.399 e. The molecular formula is C9H10ClN3O. The first kappa shape index (κ1) is 10.5. The zero-order valence-electron chi connectivity index (χ0n) is 7.60. The summed E-state index contributed by atoms with van der Waals surface area (Å²) in [7, 11) is 1.51. The van der Waals surface area contributed by atoms with Crippen LogP contribution in [-0.4, -0.2) is 23.3 Å². The third-order valence-corrected chi connectivity index (χ3v) is 1.74. The number of nitrogens with one attached hydrogen (secondary N) is 1. The van der Waals surface area contributed by atoms with Gasteiger partial charge in [-0.1, -0.05) is 5.16 Å². The van der Waals surface area contributed by atoms with Crippen LogP contribution in [0.15, 0.2) is 29.7 Å². The van der Waals surface area contributed by atoms with E-state index in [1.54, 1.807) is 18.6 Å². The van der Waals surface area contributed by atoms with Crippen LogP contribution in [0.2, 0.25) is 0 Å². The molecule has 0 fully saturated rings. The van der Waals surface area contributed by atoms with Crippen LogP contribution in [0, 0.1) is 0 Å². The Hall–Kier alpha value is -1.55. The van der Waals surface area contributed by atoms with Crippen LogP contribution in [0.5, 0.6) is 0 Å². The Kier molecular flexibility index (Phi) is 3.48. The van der Waals surface area contributed by atoms with E-state index in [-0.39, 0.29) is 12.4 Å². The lowest BCUT2D eigenvalue weighted by molar-refractivity contribution is 0.215. The normalized spacial score (nSPS) is 10.4. The van der Waals surface area contributed by atoms with Gasteiger partial charge >= 0.3 is 0 Å². The summed E-state index contributed by atoms with van der Waals surface area (Å²) in [5.41, 5.74) is 1.91. The van der Waals surface area contributed by atoms with Crippen LogP contribution >= 0.6 is 12.4 Å². The maximum absolute atomic E-state index is 4.58. The van der Waals surface area contributed by atoms with Gasteiger partial charge in [0.25, 0.3) is 0 Å². The number of hydrogen-bond donors (Lipinski definition) is 1. The van der Waals surface area contributed by atoms with E-state index in [4.69, 9.17) is 0 Å². The number of H-pyrrole nitrogens is 1. The maximum atomic E-state index is 4.58. The molecule has 14 heavy (non-hydrogen) atoms. The number of rotatable bonds is 2. The number of pyridine rings is 1. The maximum Gasteiger partial charge on any atom is 0.106 e. The number of aromatic amines is 1. The zero-order valence-corrected chi connectivity index (χ0v) is 8.41. The molecule has 2 heterocycles. The molecule has 0 spiro atoms. The SMILES string of the molecule is CON=Cc1cc2ccncc2[nH]1.Cl. The molecular weight excluding hydrogens is 202 g/mol. The fraction of sp³-hybridized carbons (Fsp3) is 0.111. The van der Waals surface area contributed by atoms with Crippen molar-refractivity contribution >= 4 is 29.5 Å². The van der Waals surface area contributed by atoms with Crippen molar-refractivity contribution < 1.29 is 4.84 Å². The Morgan fingerprint density at radius 3 is 3.14 bits per heavy atom. The van der Waals surface area contributed by atoms with E-state index in [9.17, 15) is 0 Å². The molecule has 5 heteroatoms. The van der Waals surface area contributed by atoms with E-state index in [1.165, 1.54) is 7.11 Å². The van der Waals surface area contributed by atoms with Gasteiger partial charge in [0.15, 0.2) is 0 Å². The smallest absolute Gasteiger partial charge is 0.106 e. The first-order valence-electron chi connectivity index (χ1n) is 3.89. The lowest BCUT2D eigenvalue weighted by Crippen LogP contribution is -1.79. The number of halogens is 1. The second-order valence-electron chi connectivity index (χ2n) is 2.60. The van der Waals surface area contributed by atoms with E-state index in [1.807, 2.05) is 12.1 Å². The molecule has 4 nitrogen and oxygen atoms in total. The lowest BCUT2D eigenvalue weighted by atomic mass is 10.3. The van der Waals surface area contributed by atoms with Crippen LogP contribution < -0.4 is 0 Å². The third kappa shape index (κ3) is 2.03. The predicted molar refractivity (Wildman–Crippen MR) is 57.9 cm³/mol. The highest BCUT2D eigenvalue weighted by atomic mass is 35.5. The monoisotopic (exact) mass is 211 g/mol. The highest BCUT2D eigenvalue weighted by molar-refractivity contribution is 5.88. The van der Waals surface area contributed by atoms with Crippen LogP contribution in [0.1, 0.15) is 5.69 Å². The topological polar surface area (TPSA) is 50.3 Å². The molecule has 0 amide bonds. The van der Waals surface area contributed by atoms with Gasteiger partial charge in [-0.05, 0) is 12.1 Å². The molecule has 0 saturated heterocycles. The van der Waals surface area contributed by atoms with Crippen molar-refractivity contribution in [3.8, 4) is 0 Å². The van der Waals surface area contributed by atoms with Gasteiger partial charge in [-0.2, -0.15) is 0 Å². The van der Waals surface area contributed by atoms with Crippen LogP contribution in [0.3, 0.4) is 0 Å². The van der Waals surface area contributed by atoms with E-state index >= 15 is 0 Å². The Labute approximate surface area is 87.4 Å². The van der Waals surface area contributed by atoms with Crippen molar-refractivity contribution in [1.29, 1.82) is 0 Å². The number of oxime groups is 1. The van der Waals surface area contributed by atoms with Gasteiger partial charge in [-0.15, -0.1) is 12.4 Å². The number of nitrogens with zero attached hydrogens (tertiary/aromatic N) is 2. The highest BCUT2D eigenvalue weighted by Crippen LogP contribution is 2.11. The van der Waals surface area contributed by atoms with Crippen LogP contribution in [-0.2, 0) is 4.84 Å². The second kappa shape index (κ2) is 4.62. The van der Waals surface area contributed by atoms with Crippen LogP contribution in [0.4, 0.5) is 0 Å². The average Bonchev–Trinajstić information content (AvgIpc) is 2.57. The fourth-order valence-electron chi connectivity index (χ4n) is 1.17. The fourth-order valence-corrected chi connectivity index (χ4v) is 1.17. The molecule has 74 valence electrons. The molecule has 1 N–H and O–H groups in total. The summed E-state index contributed by atoms with van der Waals surface area (Å²) < 4.78 is 0. The van der Waals surface area contributed by atoms with Gasteiger partial charge in [-0.3, -0.25) is 4.98 Å². The molecule has 0 atom stereocenters. The van der Waals surface area contributed by atoms with Crippen molar-refractivity contribution in [2.75, 3.05) is 7.11 Å². The van der Waals surface area contributed by atoms with E-state index < -0.39 is 0 Å². The van der Waals surface area contributed by atoms with Crippen LogP contribution in [0.25, 0.3) is 10.9 Å². The Bertz CT molecular complexity index is 405. The summed E-state index contributed by atoms with van der Waals surface area (Å²) in [5, 5.41) is 4.78.